The monoisotopic (exact) mass is 311 g/mol. The molecule has 0 saturated carbocycles. The summed E-state index contributed by atoms with van der Waals surface area (Å²) < 4.78 is 5.26. The summed E-state index contributed by atoms with van der Waals surface area (Å²) in [7, 11) is 1.68. The second-order valence-corrected chi connectivity index (χ2v) is 5.86. The minimum Gasteiger partial charge on any atom is -0.496 e. The molecule has 2 aromatic carbocycles. The summed E-state index contributed by atoms with van der Waals surface area (Å²) in [4.78, 5) is 12.1. The van der Waals surface area contributed by atoms with Gasteiger partial charge in [0.1, 0.15) is 5.75 Å². The number of amides is 1. The molecule has 0 aliphatic rings. The Morgan fingerprint density at radius 3 is 2.57 bits per heavy atom. The van der Waals surface area contributed by atoms with E-state index in [1.807, 2.05) is 50.2 Å². The Balaban J connectivity index is 1.77. The highest BCUT2D eigenvalue weighted by atomic mass is 16.5. The van der Waals surface area contributed by atoms with Gasteiger partial charge >= 0.3 is 0 Å². The van der Waals surface area contributed by atoms with Crippen molar-refractivity contribution in [2.24, 2.45) is 0 Å². The van der Waals surface area contributed by atoms with Gasteiger partial charge in [0.15, 0.2) is 0 Å². The van der Waals surface area contributed by atoms with Crippen LogP contribution in [0.15, 0.2) is 48.5 Å². The molecule has 0 fully saturated rings. The van der Waals surface area contributed by atoms with E-state index in [2.05, 4.69) is 17.4 Å². The second-order valence-electron chi connectivity index (χ2n) is 5.86. The van der Waals surface area contributed by atoms with Gasteiger partial charge in [0, 0.05) is 6.42 Å². The van der Waals surface area contributed by atoms with E-state index in [0.29, 0.717) is 6.42 Å². The average Bonchev–Trinajstić information content (AvgIpc) is 2.56. The van der Waals surface area contributed by atoms with Crippen LogP contribution in [0, 0.1) is 6.92 Å². The third-order valence-corrected chi connectivity index (χ3v) is 4.01. The van der Waals surface area contributed by atoms with E-state index in [9.17, 15) is 4.79 Å². The van der Waals surface area contributed by atoms with Gasteiger partial charge in [-0.2, -0.15) is 0 Å². The van der Waals surface area contributed by atoms with Crippen molar-refractivity contribution in [2.75, 3.05) is 7.11 Å². The lowest BCUT2D eigenvalue weighted by Crippen LogP contribution is -2.26. The van der Waals surface area contributed by atoms with E-state index >= 15 is 0 Å². The molecule has 1 atom stereocenters. The molecule has 0 saturated heterocycles. The normalized spacial score (nSPS) is 11.8. The van der Waals surface area contributed by atoms with Crippen LogP contribution in [0.1, 0.15) is 42.5 Å². The van der Waals surface area contributed by atoms with Gasteiger partial charge in [0.05, 0.1) is 13.2 Å². The predicted octanol–water partition coefficient (Wildman–Crippen LogP) is 4.20. The fourth-order valence-corrected chi connectivity index (χ4v) is 2.69. The van der Waals surface area contributed by atoms with Gasteiger partial charge in [0.2, 0.25) is 5.91 Å². The van der Waals surface area contributed by atoms with Gasteiger partial charge in [-0.05, 0) is 49.4 Å². The lowest BCUT2D eigenvalue weighted by Gasteiger charge is -2.14. The van der Waals surface area contributed by atoms with E-state index in [1.165, 1.54) is 5.56 Å². The third-order valence-electron chi connectivity index (χ3n) is 4.01. The smallest absolute Gasteiger partial charge is 0.220 e. The first-order valence-electron chi connectivity index (χ1n) is 8.08. The van der Waals surface area contributed by atoms with Crippen molar-refractivity contribution in [1.29, 1.82) is 0 Å². The summed E-state index contributed by atoms with van der Waals surface area (Å²) >= 11 is 0. The fourth-order valence-electron chi connectivity index (χ4n) is 2.69. The van der Waals surface area contributed by atoms with Crippen LogP contribution in [0.4, 0.5) is 0 Å². The topological polar surface area (TPSA) is 38.3 Å². The molecule has 2 rings (SSSR count). The van der Waals surface area contributed by atoms with Crippen molar-refractivity contribution in [1.82, 2.24) is 5.32 Å². The number of carbonyl (C=O) groups excluding carboxylic acids is 1. The Bertz CT molecular complexity index is 637. The zero-order valence-electron chi connectivity index (χ0n) is 14.1. The minimum atomic E-state index is 0.0481. The van der Waals surface area contributed by atoms with Crippen LogP contribution in [0.2, 0.25) is 0 Å². The molecule has 0 bridgehead atoms. The van der Waals surface area contributed by atoms with Crippen molar-refractivity contribution in [3.8, 4) is 5.75 Å². The number of nitrogens with one attached hydrogen (secondary N) is 1. The quantitative estimate of drug-likeness (QED) is 0.832. The molecular weight excluding hydrogens is 286 g/mol. The van der Waals surface area contributed by atoms with E-state index < -0.39 is 0 Å². The molecule has 0 radical (unpaired) electrons. The lowest BCUT2D eigenvalue weighted by molar-refractivity contribution is -0.121. The Labute approximate surface area is 138 Å². The summed E-state index contributed by atoms with van der Waals surface area (Å²) in [6, 6.07) is 16.3. The SMILES string of the molecule is COc1ccc(CCCC(=O)N[C@@H](C)c2ccccc2)cc1C. The summed E-state index contributed by atoms with van der Waals surface area (Å²) in [5.41, 5.74) is 3.51. The maximum absolute atomic E-state index is 12.1. The minimum absolute atomic E-state index is 0.0481. The molecule has 3 heteroatoms. The van der Waals surface area contributed by atoms with E-state index in [1.54, 1.807) is 7.11 Å². The van der Waals surface area contributed by atoms with Crippen LogP contribution >= 0.6 is 0 Å². The van der Waals surface area contributed by atoms with Crippen molar-refractivity contribution < 1.29 is 9.53 Å². The molecule has 0 heterocycles. The molecule has 2 aromatic rings. The number of methoxy groups -OCH3 is 1. The Morgan fingerprint density at radius 1 is 1.17 bits per heavy atom. The van der Waals surface area contributed by atoms with E-state index in [4.69, 9.17) is 4.74 Å². The van der Waals surface area contributed by atoms with Crippen LogP contribution in [0.25, 0.3) is 0 Å². The number of hydrogen-bond donors (Lipinski definition) is 1. The van der Waals surface area contributed by atoms with Crippen molar-refractivity contribution in [2.45, 2.75) is 39.2 Å². The first kappa shape index (κ1) is 17.1. The van der Waals surface area contributed by atoms with Gasteiger partial charge in [-0.1, -0.05) is 42.5 Å². The summed E-state index contributed by atoms with van der Waals surface area (Å²) in [6.07, 6.45) is 2.29. The van der Waals surface area contributed by atoms with E-state index in [-0.39, 0.29) is 11.9 Å². The zero-order valence-corrected chi connectivity index (χ0v) is 14.1. The van der Waals surface area contributed by atoms with Gasteiger partial charge in [-0.3, -0.25) is 4.79 Å². The molecule has 3 nitrogen and oxygen atoms in total. The number of rotatable bonds is 7. The molecule has 0 spiro atoms. The number of aryl methyl sites for hydroxylation is 2. The summed E-state index contributed by atoms with van der Waals surface area (Å²) in [5.74, 6) is 1.01. The molecule has 1 amide bonds. The molecule has 122 valence electrons. The molecule has 1 N–H and O–H groups in total. The van der Waals surface area contributed by atoms with Crippen LogP contribution in [-0.2, 0) is 11.2 Å². The van der Waals surface area contributed by atoms with Crippen molar-refractivity contribution in [3.63, 3.8) is 0 Å². The number of benzene rings is 2. The fraction of sp³-hybridized carbons (Fsp3) is 0.350. The van der Waals surface area contributed by atoms with Crippen molar-refractivity contribution >= 4 is 5.91 Å². The van der Waals surface area contributed by atoms with Crippen LogP contribution in [0.5, 0.6) is 5.75 Å². The zero-order chi connectivity index (χ0) is 16.7. The van der Waals surface area contributed by atoms with Gasteiger partial charge in [-0.25, -0.2) is 0 Å². The van der Waals surface area contributed by atoms with Gasteiger partial charge in [0.25, 0.3) is 0 Å². The van der Waals surface area contributed by atoms with Crippen molar-refractivity contribution in [3.05, 3.63) is 65.2 Å². The Hall–Kier alpha value is -2.29. The highest BCUT2D eigenvalue weighted by Gasteiger charge is 2.09. The van der Waals surface area contributed by atoms with Gasteiger partial charge in [-0.15, -0.1) is 0 Å². The molecular formula is C20H25NO2. The maximum atomic E-state index is 12.1. The first-order chi connectivity index (χ1) is 11.1. The molecule has 0 aliphatic carbocycles. The van der Waals surface area contributed by atoms with Crippen LogP contribution in [-0.4, -0.2) is 13.0 Å². The first-order valence-corrected chi connectivity index (χ1v) is 8.08. The Morgan fingerprint density at radius 2 is 1.91 bits per heavy atom. The second kappa shape index (κ2) is 8.37. The van der Waals surface area contributed by atoms with Crippen LogP contribution in [0.3, 0.4) is 0 Å². The van der Waals surface area contributed by atoms with Crippen LogP contribution < -0.4 is 10.1 Å². The third kappa shape index (κ3) is 5.13. The number of ether oxygens (including phenoxy) is 1. The number of carbonyl (C=O) groups is 1. The molecule has 0 aliphatic heterocycles. The highest BCUT2D eigenvalue weighted by Crippen LogP contribution is 2.19. The predicted molar refractivity (Wildman–Crippen MR) is 93.7 cm³/mol. The lowest BCUT2D eigenvalue weighted by atomic mass is 10.0. The molecule has 0 unspecified atom stereocenters. The van der Waals surface area contributed by atoms with Gasteiger partial charge < -0.3 is 10.1 Å². The maximum Gasteiger partial charge on any atom is 0.220 e. The largest absolute Gasteiger partial charge is 0.496 e. The Kier molecular flexibility index (Phi) is 6.21. The van der Waals surface area contributed by atoms with E-state index in [0.717, 1.165) is 29.7 Å². The average molecular weight is 311 g/mol. The summed E-state index contributed by atoms with van der Waals surface area (Å²) in [6.45, 7) is 4.05. The standard InChI is InChI=1S/C20H25NO2/c1-15-14-17(12-13-19(15)23-3)8-7-11-20(22)21-16(2)18-9-5-4-6-10-18/h4-6,9-10,12-14,16H,7-8,11H2,1-3H3,(H,21,22)/t16-/m0/s1. The highest BCUT2D eigenvalue weighted by molar-refractivity contribution is 5.76. The molecule has 0 aromatic heterocycles. The number of hydrogen-bond acceptors (Lipinski definition) is 2. The summed E-state index contributed by atoms with van der Waals surface area (Å²) in [5, 5.41) is 3.05. The molecule has 23 heavy (non-hydrogen) atoms.